The second-order valence-electron chi connectivity index (χ2n) is 4.59. The minimum absolute atomic E-state index is 0.0678. The molecule has 1 saturated heterocycles. The number of carboxylic acids is 1. The molecule has 102 valence electrons. The molecule has 1 atom stereocenters. The molecule has 1 heterocycles. The number of carboxylic acid groups (broad SMARTS) is 1. The Hall–Kier alpha value is -1.31. The summed E-state index contributed by atoms with van der Waals surface area (Å²) in [4.78, 5) is 24.8. The second-order valence-corrected chi connectivity index (χ2v) is 5.76. The van der Waals surface area contributed by atoms with E-state index in [9.17, 15) is 14.7 Å². The Morgan fingerprint density at radius 3 is 2.74 bits per heavy atom. The first kappa shape index (κ1) is 14.1. The summed E-state index contributed by atoms with van der Waals surface area (Å²) in [6, 6.07) is 4.74. The highest BCUT2D eigenvalue weighted by Crippen LogP contribution is 2.23. The van der Waals surface area contributed by atoms with Gasteiger partial charge in [0.05, 0.1) is 9.49 Å². The smallest absolute Gasteiger partial charge is 0.308 e. The quantitative estimate of drug-likeness (QED) is 0.775. The molecule has 6 heteroatoms. The van der Waals surface area contributed by atoms with E-state index in [0.717, 1.165) is 0 Å². The number of aliphatic carboxylic acids is 1. The molecule has 1 unspecified atom stereocenters. The molecule has 1 fully saturated rings. The van der Waals surface area contributed by atoms with Crippen molar-refractivity contribution in [3.8, 4) is 5.75 Å². The monoisotopic (exact) mass is 375 g/mol. The lowest BCUT2D eigenvalue weighted by Crippen LogP contribution is -2.42. The zero-order valence-corrected chi connectivity index (χ0v) is 12.3. The van der Waals surface area contributed by atoms with Crippen molar-refractivity contribution in [1.29, 1.82) is 0 Å². The van der Waals surface area contributed by atoms with Crippen LogP contribution in [0.3, 0.4) is 0 Å². The number of aromatic hydroxyl groups is 1. The summed E-state index contributed by atoms with van der Waals surface area (Å²) in [6.45, 7) is 0.802. The molecule has 1 aliphatic heterocycles. The number of nitrogens with zero attached hydrogens (tertiary/aromatic N) is 1. The number of amides is 1. The molecule has 0 saturated carbocycles. The summed E-state index contributed by atoms with van der Waals surface area (Å²) in [7, 11) is 0. The molecule has 0 radical (unpaired) electrons. The van der Waals surface area contributed by atoms with Crippen molar-refractivity contribution >= 4 is 34.5 Å². The Morgan fingerprint density at radius 1 is 1.37 bits per heavy atom. The van der Waals surface area contributed by atoms with Gasteiger partial charge in [0.1, 0.15) is 5.75 Å². The van der Waals surface area contributed by atoms with Crippen LogP contribution < -0.4 is 0 Å². The Morgan fingerprint density at radius 2 is 2.11 bits per heavy atom. The van der Waals surface area contributed by atoms with Gasteiger partial charge in [-0.2, -0.15) is 0 Å². The van der Waals surface area contributed by atoms with Gasteiger partial charge in [-0.1, -0.05) is 0 Å². The number of hydrogen-bond acceptors (Lipinski definition) is 3. The topological polar surface area (TPSA) is 77.8 Å². The number of piperidine rings is 1. The Bertz CT molecular complexity index is 517. The van der Waals surface area contributed by atoms with Crippen LogP contribution in [0, 0.1) is 9.49 Å². The number of phenolic OH excluding ortho intramolecular Hbond substituents is 1. The van der Waals surface area contributed by atoms with E-state index in [1.54, 1.807) is 17.0 Å². The van der Waals surface area contributed by atoms with Crippen molar-refractivity contribution in [3.63, 3.8) is 0 Å². The van der Waals surface area contributed by atoms with E-state index in [1.165, 1.54) is 6.07 Å². The highest BCUT2D eigenvalue weighted by Gasteiger charge is 2.28. The number of halogens is 1. The molecule has 1 amide bonds. The summed E-state index contributed by atoms with van der Waals surface area (Å²) >= 11 is 1.98. The number of likely N-dealkylation sites (tertiary alicyclic amines) is 1. The minimum Gasteiger partial charge on any atom is -0.507 e. The molecule has 0 spiro atoms. The first-order valence-electron chi connectivity index (χ1n) is 5.99. The number of hydrogen-bond donors (Lipinski definition) is 2. The van der Waals surface area contributed by atoms with Gasteiger partial charge in [0.15, 0.2) is 0 Å². The third kappa shape index (κ3) is 3.17. The zero-order valence-electron chi connectivity index (χ0n) is 10.2. The fourth-order valence-corrected chi connectivity index (χ4v) is 2.53. The highest BCUT2D eigenvalue weighted by molar-refractivity contribution is 14.1. The van der Waals surface area contributed by atoms with E-state index in [-0.39, 0.29) is 18.2 Å². The fourth-order valence-electron chi connectivity index (χ4n) is 2.19. The molecule has 5 nitrogen and oxygen atoms in total. The standard InChI is InChI=1S/C13H14INO4/c14-10-4-3-8(6-11(10)16)12(17)15-5-1-2-9(7-15)13(18)19/h3-4,6,9,16H,1-2,5,7H2,(H,18,19). The van der Waals surface area contributed by atoms with E-state index >= 15 is 0 Å². The third-order valence-electron chi connectivity index (χ3n) is 3.25. The number of carbonyl (C=O) groups is 2. The number of phenols is 1. The molecule has 1 aromatic carbocycles. The molecular formula is C13H14INO4. The Kier molecular flexibility index (Phi) is 4.28. The first-order chi connectivity index (χ1) is 8.99. The molecule has 2 rings (SSSR count). The predicted molar refractivity (Wildman–Crippen MR) is 77.1 cm³/mol. The number of benzene rings is 1. The maximum Gasteiger partial charge on any atom is 0.308 e. The van der Waals surface area contributed by atoms with Gasteiger partial charge in [0.2, 0.25) is 0 Å². The van der Waals surface area contributed by atoms with Crippen LogP contribution in [0.2, 0.25) is 0 Å². The van der Waals surface area contributed by atoms with Crippen molar-refractivity contribution in [3.05, 3.63) is 27.3 Å². The van der Waals surface area contributed by atoms with Crippen LogP contribution in [0.1, 0.15) is 23.2 Å². The van der Waals surface area contributed by atoms with Crippen LogP contribution in [-0.4, -0.2) is 40.1 Å². The maximum absolute atomic E-state index is 12.3. The van der Waals surface area contributed by atoms with Gasteiger partial charge in [-0.25, -0.2) is 0 Å². The second kappa shape index (κ2) is 5.77. The van der Waals surface area contributed by atoms with Crippen molar-refractivity contribution in [2.75, 3.05) is 13.1 Å². The van der Waals surface area contributed by atoms with Crippen LogP contribution in [0.5, 0.6) is 5.75 Å². The average Bonchev–Trinajstić information content (AvgIpc) is 2.41. The normalized spacial score (nSPS) is 19.2. The lowest BCUT2D eigenvalue weighted by atomic mass is 9.97. The van der Waals surface area contributed by atoms with Gasteiger partial charge < -0.3 is 15.1 Å². The Labute approximate surface area is 124 Å². The summed E-state index contributed by atoms with van der Waals surface area (Å²) < 4.78 is 0.677. The molecule has 2 N–H and O–H groups in total. The SMILES string of the molecule is O=C(O)C1CCCN(C(=O)c2ccc(I)c(O)c2)C1. The van der Waals surface area contributed by atoms with E-state index in [1.807, 2.05) is 22.6 Å². The van der Waals surface area contributed by atoms with Crippen molar-refractivity contribution in [1.82, 2.24) is 4.90 Å². The summed E-state index contributed by atoms with van der Waals surface area (Å²) in [6.07, 6.45) is 1.30. The van der Waals surface area contributed by atoms with E-state index in [0.29, 0.717) is 28.5 Å². The zero-order chi connectivity index (χ0) is 14.0. The number of rotatable bonds is 2. The largest absolute Gasteiger partial charge is 0.507 e. The highest BCUT2D eigenvalue weighted by atomic mass is 127. The maximum atomic E-state index is 12.3. The Balaban J connectivity index is 2.14. The summed E-state index contributed by atoms with van der Waals surface area (Å²) in [5, 5.41) is 18.6. The molecule has 1 aliphatic rings. The van der Waals surface area contributed by atoms with Crippen molar-refractivity contribution in [2.45, 2.75) is 12.8 Å². The molecule has 1 aromatic rings. The molecular weight excluding hydrogens is 361 g/mol. The molecule has 0 aliphatic carbocycles. The van der Waals surface area contributed by atoms with E-state index < -0.39 is 11.9 Å². The van der Waals surface area contributed by atoms with Crippen LogP contribution in [0.25, 0.3) is 0 Å². The van der Waals surface area contributed by atoms with E-state index in [4.69, 9.17) is 5.11 Å². The average molecular weight is 375 g/mol. The molecule has 0 bridgehead atoms. The van der Waals surface area contributed by atoms with Gasteiger partial charge >= 0.3 is 5.97 Å². The van der Waals surface area contributed by atoms with Crippen LogP contribution >= 0.6 is 22.6 Å². The predicted octanol–water partition coefficient (Wildman–Crippen LogP) is 1.93. The summed E-state index contributed by atoms with van der Waals surface area (Å²) in [5.74, 6) is -1.51. The van der Waals surface area contributed by atoms with Crippen LogP contribution in [0.15, 0.2) is 18.2 Å². The van der Waals surface area contributed by atoms with Gasteiger partial charge in [-0.15, -0.1) is 0 Å². The van der Waals surface area contributed by atoms with Gasteiger partial charge in [0.25, 0.3) is 5.91 Å². The van der Waals surface area contributed by atoms with Gasteiger partial charge in [-0.3, -0.25) is 9.59 Å². The van der Waals surface area contributed by atoms with Crippen LogP contribution in [0.4, 0.5) is 0 Å². The lowest BCUT2D eigenvalue weighted by Gasteiger charge is -2.30. The van der Waals surface area contributed by atoms with E-state index in [2.05, 4.69) is 0 Å². The molecule has 19 heavy (non-hydrogen) atoms. The first-order valence-corrected chi connectivity index (χ1v) is 7.07. The summed E-state index contributed by atoms with van der Waals surface area (Å²) in [5.41, 5.74) is 0.393. The number of carbonyl (C=O) groups excluding carboxylic acids is 1. The molecule has 0 aromatic heterocycles. The third-order valence-corrected chi connectivity index (χ3v) is 4.16. The lowest BCUT2D eigenvalue weighted by molar-refractivity contribution is -0.143. The van der Waals surface area contributed by atoms with Gasteiger partial charge in [-0.05, 0) is 53.6 Å². The van der Waals surface area contributed by atoms with Gasteiger partial charge in [0, 0.05) is 18.7 Å². The minimum atomic E-state index is -0.858. The fraction of sp³-hybridized carbons (Fsp3) is 0.385. The van der Waals surface area contributed by atoms with Crippen LogP contribution in [-0.2, 0) is 4.79 Å². The van der Waals surface area contributed by atoms with Crippen molar-refractivity contribution < 1.29 is 19.8 Å². The van der Waals surface area contributed by atoms with Crippen molar-refractivity contribution in [2.24, 2.45) is 5.92 Å².